The molecule has 0 spiro atoms. The highest BCUT2D eigenvalue weighted by Gasteiger charge is 2.26. The van der Waals surface area contributed by atoms with Crippen LogP contribution in [-0.2, 0) is 6.61 Å². The molecular formula is C13H11BF4NO-. The molecular weight excluding hydrogens is 273 g/mol. The highest BCUT2D eigenvalue weighted by Crippen LogP contribution is 2.16. The number of ether oxygens (including phenoxy) is 1. The standard InChI is InChI=1S/C13H11BF4NO/c1-9-4-12(15)3-2-10(9)8-20-13-5-11(6-19-7-13)14(16,17)18/h2-7H,8H2,1H3/q-1. The number of hydrogen-bond acceptors (Lipinski definition) is 2. The van der Waals surface area contributed by atoms with Gasteiger partial charge >= 0.3 is 6.98 Å². The van der Waals surface area contributed by atoms with Gasteiger partial charge in [-0.2, -0.15) is 0 Å². The van der Waals surface area contributed by atoms with E-state index in [1.54, 1.807) is 6.92 Å². The van der Waals surface area contributed by atoms with E-state index in [0.717, 1.165) is 12.3 Å². The fourth-order valence-corrected chi connectivity index (χ4v) is 1.68. The third kappa shape index (κ3) is 3.49. The van der Waals surface area contributed by atoms with Gasteiger partial charge in [-0.05, 0) is 36.2 Å². The number of aromatic nitrogens is 1. The summed E-state index contributed by atoms with van der Waals surface area (Å²) in [6.07, 6.45) is 1.97. The quantitative estimate of drug-likeness (QED) is 0.635. The molecule has 1 aromatic heterocycles. The summed E-state index contributed by atoms with van der Waals surface area (Å²) >= 11 is 0. The van der Waals surface area contributed by atoms with E-state index in [9.17, 15) is 17.3 Å². The molecule has 0 fully saturated rings. The molecule has 2 rings (SSSR count). The Balaban J connectivity index is 2.11. The van der Waals surface area contributed by atoms with Gasteiger partial charge in [0.2, 0.25) is 0 Å². The molecule has 0 amide bonds. The first-order chi connectivity index (χ1) is 9.36. The van der Waals surface area contributed by atoms with Crippen LogP contribution in [0.1, 0.15) is 11.1 Å². The van der Waals surface area contributed by atoms with Crippen molar-refractivity contribution in [3.63, 3.8) is 0 Å². The molecule has 0 bridgehead atoms. The first-order valence-corrected chi connectivity index (χ1v) is 5.89. The average molecular weight is 284 g/mol. The molecule has 0 aliphatic carbocycles. The lowest BCUT2D eigenvalue weighted by Gasteiger charge is -2.15. The normalized spacial score (nSPS) is 11.4. The molecule has 1 heterocycles. The van der Waals surface area contributed by atoms with Crippen LogP contribution in [0.3, 0.4) is 0 Å². The minimum absolute atomic E-state index is 0.0328. The summed E-state index contributed by atoms with van der Waals surface area (Å²) in [7, 11) is 0. The summed E-state index contributed by atoms with van der Waals surface area (Å²) in [5.41, 5.74) is 0.571. The van der Waals surface area contributed by atoms with Crippen LogP contribution in [0, 0.1) is 12.7 Å². The highest BCUT2D eigenvalue weighted by molar-refractivity contribution is 6.73. The van der Waals surface area contributed by atoms with Crippen LogP contribution in [0.5, 0.6) is 5.75 Å². The summed E-state index contributed by atoms with van der Waals surface area (Å²) in [5.74, 6) is -0.333. The molecule has 2 nitrogen and oxygen atoms in total. The van der Waals surface area contributed by atoms with E-state index in [1.165, 1.54) is 24.4 Å². The fraction of sp³-hybridized carbons (Fsp3) is 0.154. The molecule has 2 aromatic rings. The van der Waals surface area contributed by atoms with Crippen LogP contribution < -0.4 is 10.2 Å². The van der Waals surface area contributed by atoms with Crippen molar-refractivity contribution in [1.82, 2.24) is 4.98 Å². The van der Waals surface area contributed by atoms with Crippen molar-refractivity contribution < 1.29 is 22.1 Å². The number of pyridine rings is 1. The van der Waals surface area contributed by atoms with E-state index in [4.69, 9.17) is 4.74 Å². The van der Waals surface area contributed by atoms with Gasteiger partial charge in [-0.25, -0.2) is 4.39 Å². The first kappa shape index (κ1) is 14.4. The van der Waals surface area contributed by atoms with Crippen molar-refractivity contribution in [2.45, 2.75) is 13.5 Å². The third-order valence-electron chi connectivity index (χ3n) is 2.81. The topological polar surface area (TPSA) is 22.1 Å². The second-order valence-electron chi connectivity index (χ2n) is 4.39. The maximum atomic E-state index is 12.9. The SMILES string of the molecule is Cc1cc(F)ccc1COc1cncc([B-](F)(F)F)c1. The van der Waals surface area contributed by atoms with Gasteiger partial charge in [0.05, 0.1) is 6.20 Å². The average Bonchev–Trinajstić information content (AvgIpc) is 2.37. The summed E-state index contributed by atoms with van der Waals surface area (Å²) in [5, 5.41) is 0. The Morgan fingerprint density at radius 3 is 2.55 bits per heavy atom. The monoisotopic (exact) mass is 284 g/mol. The molecule has 0 aliphatic rings. The van der Waals surface area contributed by atoms with Crippen LogP contribution in [0.15, 0.2) is 36.7 Å². The Bertz CT molecular complexity index is 616. The van der Waals surface area contributed by atoms with Crippen LogP contribution in [0.25, 0.3) is 0 Å². The Kier molecular flexibility index (Phi) is 3.97. The van der Waals surface area contributed by atoms with Gasteiger partial charge in [0.25, 0.3) is 0 Å². The molecule has 0 saturated heterocycles. The van der Waals surface area contributed by atoms with Crippen molar-refractivity contribution in [2.24, 2.45) is 0 Å². The molecule has 0 radical (unpaired) electrons. The minimum atomic E-state index is -5.10. The lowest BCUT2D eigenvalue weighted by molar-refractivity contribution is 0.304. The lowest BCUT2D eigenvalue weighted by Crippen LogP contribution is -2.34. The molecule has 20 heavy (non-hydrogen) atoms. The summed E-state index contributed by atoms with van der Waals surface area (Å²) in [6, 6.07) is 5.06. The van der Waals surface area contributed by atoms with E-state index >= 15 is 0 Å². The first-order valence-electron chi connectivity index (χ1n) is 5.89. The molecule has 0 unspecified atom stereocenters. The van der Waals surface area contributed by atoms with Crippen LogP contribution in [-0.4, -0.2) is 12.0 Å². The van der Waals surface area contributed by atoms with Gasteiger partial charge in [-0.3, -0.25) is 4.98 Å². The Morgan fingerprint density at radius 1 is 1.15 bits per heavy atom. The molecule has 106 valence electrons. The van der Waals surface area contributed by atoms with E-state index in [1.807, 2.05) is 0 Å². The van der Waals surface area contributed by atoms with Crippen molar-refractivity contribution in [1.29, 1.82) is 0 Å². The zero-order valence-electron chi connectivity index (χ0n) is 10.6. The van der Waals surface area contributed by atoms with E-state index in [-0.39, 0.29) is 18.2 Å². The van der Waals surface area contributed by atoms with Gasteiger partial charge < -0.3 is 17.7 Å². The van der Waals surface area contributed by atoms with Gasteiger partial charge in [-0.15, -0.1) is 0 Å². The number of aryl methyl sites for hydroxylation is 1. The maximum Gasteiger partial charge on any atom is 0.511 e. The minimum Gasteiger partial charge on any atom is -0.487 e. The number of hydrogen-bond donors (Lipinski definition) is 0. The fourth-order valence-electron chi connectivity index (χ4n) is 1.68. The molecule has 0 aliphatic heterocycles. The zero-order chi connectivity index (χ0) is 14.8. The Hall–Kier alpha value is -2.05. The second-order valence-corrected chi connectivity index (χ2v) is 4.39. The largest absolute Gasteiger partial charge is 0.511 e. The van der Waals surface area contributed by atoms with Crippen molar-refractivity contribution in [3.05, 3.63) is 53.6 Å². The Labute approximate surface area is 113 Å². The van der Waals surface area contributed by atoms with Crippen LogP contribution >= 0.6 is 0 Å². The summed E-state index contributed by atoms with van der Waals surface area (Å²) in [4.78, 5) is 3.51. The summed E-state index contributed by atoms with van der Waals surface area (Å²) < 4.78 is 55.9. The van der Waals surface area contributed by atoms with Crippen LogP contribution in [0.2, 0.25) is 0 Å². The molecule has 7 heteroatoms. The predicted octanol–water partition coefficient (Wildman–Crippen LogP) is 3.16. The van der Waals surface area contributed by atoms with Gasteiger partial charge in [0.15, 0.2) is 0 Å². The van der Waals surface area contributed by atoms with E-state index in [0.29, 0.717) is 11.1 Å². The van der Waals surface area contributed by atoms with E-state index < -0.39 is 12.4 Å². The van der Waals surface area contributed by atoms with Gasteiger partial charge in [0.1, 0.15) is 18.2 Å². The number of rotatable bonds is 4. The molecule has 1 aromatic carbocycles. The zero-order valence-corrected chi connectivity index (χ0v) is 10.6. The molecule has 0 atom stereocenters. The van der Waals surface area contributed by atoms with Crippen molar-refractivity contribution in [2.75, 3.05) is 0 Å². The summed E-state index contributed by atoms with van der Waals surface area (Å²) in [6.45, 7) is -3.34. The Morgan fingerprint density at radius 2 is 1.90 bits per heavy atom. The smallest absolute Gasteiger partial charge is 0.487 e. The van der Waals surface area contributed by atoms with Gasteiger partial charge in [0, 0.05) is 6.20 Å². The maximum absolute atomic E-state index is 12.9. The van der Waals surface area contributed by atoms with Crippen molar-refractivity contribution >= 4 is 12.4 Å². The third-order valence-corrected chi connectivity index (χ3v) is 2.81. The predicted molar refractivity (Wildman–Crippen MR) is 68.4 cm³/mol. The van der Waals surface area contributed by atoms with Gasteiger partial charge in [-0.1, -0.05) is 11.5 Å². The molecule has 0 N–H and O–H groups in total. The number of halogens is 4. The highest BCUT2D eigenvalue weighted by atomic mass is 19.4. The lowest BCUT2D eigenvalue weighted by atomic mass is 9.81. The van der Waals surface area contributed by atoms with E-state index in [2.05, 4.69) is 4.98 Å². The molecule has 0 saturated carbocycles. The van der Waals surface area contributed by atoms with Crippen LogP contribution in [0.4, 0.5) is 17.3 Å². The number of benzene rings is 1. The number of nitrogens with zero attached hydrogens (tertiary/aromatic N) is 1. The van der Waals surface area contributed by atoms with Crippen molar-refractivity contribution in [3.8, 4) is 5.75 Å². The second kappa shape index (κ2) is 5.52.